The molecule has 0 spiro atoms. The molecular weight excluding hydrogens is 609 g/mol. The van der Waals surface area contributed by atoms with Crippen molar-refractivity contribution in [3.63, 3.8) is 0 Å². The lowest BCUT2D eigenvalue weighted by molar-refractivity contribution is 0.483. The van der Waals surface area contributed by atoms with Crippen molar-refractivity contribution in [2.75, 3.05) is 0 Å². The molecule has 0 aliphatic carbocycles. The van der Waals surface area contributed by atoms with Gasteiger partial charge in [-0.05, 0) is 137 Å². The first-order valence-corrected chi connectivity index (χ1v) is 17.0. The molecule has 0 aliphatic heterocycles. The van der Waals surface area contributed by atoms with E-state index in [2.05, 4.69) is 121 Å². The summed E-state index contributed by atoms with van der Waals surface area (Å²) in [4.78, 5) is 0. The molecule has 50 heavy (non-hydrogen) atoms. The van der Waals surface area contributed by atoms with Crippen LogP contribution in [0.5, 0.6) is 23.0 Å². The molecule has 0 N–H and O–H groups in total. The van der Waals surface area contributed by atoms with Crippen molar-refractivity contribution in [3.05, 3.63) is 182 Å². The number of fused-ring (bicyclic) bond motifs is 2. The Kier molecular flexibility index (Phi) is 6.53. The van der Waals surface area contributed by atoms with E-state index in [1.807, 2.05) is 60.7 Å². The van der Waals surface area contributed by atoms with E-state index in [0.29, 0.717) is 0 Å². The number of hydrogen-bond donors (Lipinski definition) is 0. The van der Waals surface area contributed by atoms with Crippen molar-refractivity contribution in [2.45, 2.75) is 0 Å². The molecule has 10 aromatic rings. The van der Waals surface area contributed by atoms with Gasteiger partial charge in [0.15, 0.2) is 0 Å². The number of para-hydroxylation sites is 2. The van der Waals surface area contributed by atoms with Gasteiger partial charge in [-0.2, -0.15) is 0 Å². The summed E-state index contributed by atoms with van der Waals surface area (Å²) in [5.74, 6) is 3.35. The molecule has 0 unspecified atom stereocenters. The fraction of sp³-hybridized carbons (Fsp3) is 0. The van der Waals surface area contributed by atoms with Gasteiger partial charge >= 0.3 is 0 Å². The summed E-state index contributed by atoms with van der Waals surface area (Å²) < 4.78 is 12.2. The van der Waals surface area contributed by atoms with Crippen LogP contribution in [0.2, 0.25) is 0 Å². The number of ether oxygens (including phenoxy) is 2. The second-order valence-corrected chi connectivity index (χ2v) is 12.9. The standard InChI is InChI=1S/C48H30O2/c1-3-7-39(8-4-1)49-41-21-15-33-27-37(13-11-35(33)29-41)43-23-17-31-20-26-46-44(24-18-32-19-25-45(43)47(31)48(32)46)38-14-12-36-30-42(22-16-34(36)28-38)50-40-9-5-2-6-10-40/h1-30H. The van der Waals surface area contributed by atoms with Crippen LogP contribution in [0, 0.1) is 0 Å². The van der Waals surface area contributed by atoms with E-state index in [0.717, 1.165) is 33.8 Å². The lowest BCUT2D eigenvalue weighted by Crippen LogP contribution is -1.90. The van der Waals surface area contributed by atoms with Gasteiger partial charge in [-0.25, -0.2) is 0 Å². The summed E-state index contributed by atoms with van der Waals surface area (Å²) in [6, 6.07) is 64.2. The van der Waals surface area contributed by atoms with Crippen molar-refractivity contribution < 1.29 is 9.47 Å². The Balaban J connectivity index is 1.04. The normalized spacial score (nSPS) is 11.6. The Morgan fingerprint density at radius 3 is 1.10 bits per heavy atom. The average Bonchev–Trinajstić information content (AvgIpc) is 3.17. The molecule has 234 valence electrons. The molecule has 0 saturated carbocycles. The highest BCUT2D eigenvalue weighted by atomic mass is 16.5. The minimum atomic E-state index is 0.836. The van der Waals surface area contributed by atoms with Crippen molar-refractivity contribution in [1.29, 1.82) is 0 Å². The Morgan fingerprint density at radius 2 is 0.640 bits per heavy atom. The van der Waals surface area contributed by atoms with Crippen LogP contribution in [0.15, 0.2) is 182 Å². The molecule has 0 atom stereocenters. The molecule has 10 aromatic carbocycles. The van der Waals surface area contributed by atoms with E-state index in [1.54, 1.807) is 0 Å². The molecule has 0 radical (unpaired) electrons. The quantitative estimate of drug-likeness (QED) is 0.169. The predicted octanol–water partition coefficient (Wildman–Crippen LogP) is 13.8. The van der Waals surface area contributed by atoms with Crippen molar-refractivity contribution >= 4 is 53.9 Å². The zero-order valence-electron chi connectivity index (χ0n) is 27.1. The van der Waals surface area contributed by atoms with Crippen LogP contribution in [-0.4, -0.2) is 0 Å². The third kappa shape index (κ3) is 4.89. The number of hydrogen-bond acceptors (Lipinski definition) is 2. The van der Waals surface area contributed by atoms with Gasteiger partial charge in [0.2, 0.25) is 0 Å². The van der Waals surface area contributed by atoms with Crippen molar-refractivity contribution in [2.24, 2.45) is 0 Å². The SMILES string of the molecule is c1ccc(Oc2ccc3cc(-c4ccc5ccc6c(-c7ccc8cc(Oc9ccccc9)ccc8c7)ccc7ccc4c5c76)ccc3c2)cc1. The van der Waals surface area contributed by atoms with Crippen LogP contribution in [0.1, 0.15) is 0 Å². The first-order chi connectivity index (χ1) is 24.7. The van der Waals surface area contributed by atoms with E-state index in [4.69, 9.17) is 9.47 Å². The highest BCUT2D eigenvalue weighted by Gasteiger charge is 2.15. The number of benzene rings is 10. The monoisotopic (exact) mass is 638 g/mol. The summed E-state index contributed by atoms with van der Waals surface area (Å²) in [7, 11) is 0. The Morgan fingerprint density at radius 1 is 0.260 bits per heavy atom. The van der Waals surface area contributed by atoms with Gasteiger partial charge in [0.25, 0.3) is 0 Å². The van der Waals surface area contributed by atoms with Gasteiger partial charge in [0.1, 0.15) is 23.0 Å². The zero-order valence-corrected chi connectivity index (χ0v) is 27.1. The summed E-state index contributed by atoms with van der Waals surface area (Å²) in [6.07, 6.45) is 0. The molecule has 0 amide bonds. The van der Waals surface area contributed by atoms with Crippen LogP contribution >= 0.6 is 0 Å². The third-order valence-electron chi connectivity index (χ3n) is 9.87. The fourth-order valence-electron chi connectivity index (χ4n) is 7.46. The minimum Gasteiger partial charge on any atom is -0.457 e. The third-order valence-corrected chi connectivity index (χ3v) is 9.87. The molecule has 10 rings (SSSR count). The highest BCUT2D eigenvalue weighted by molar-refractivity contribution is 6.27. The van der Waals surface area contributed by atoms with Crippen LogP contribution in [0.25, 0.3) is 76.1 Å². The van der Waals surface area contributed by atoms with Crippen LogP contribution in [-0.2, 0) is 0 Å². The molecule has 2 heteroatoms. The second kappa shape index (κ2) is 11.5. The Bertz CT molecular complexity index is 2660. The Labute approximate surface area is 289 Å². The second-order valence-electron chi connectivity index (χ2n) is 12.9. The molecule has 2 nitrogen and oxygen atoms in total. The van der Waals surface area contributed by atoms with Gasteiger partial charge in [-0.1, -0.05) is 121 Å². The molecule has 0 saturated heterocycles. The molecule has 0 heterocycles. The van der Waals surface area contributed by atoms with Gasteiger partial charge in [-0.15, -0.1) is 0 Å². The van der Waals surface area contributed by atoms with Gasteiger partial charge < -0.3 is 9.47 Å². The minimum absolute atomic E-state index is 0.836. The topological polar surface area (TPSA) is 18.5 Å². The van der Waals surface area contributed by atoms with Crippen LogP contribution in [0.3, 0.4) is 0 Å². The Hall–Kier alpha value is -6.64. The van der Waals surface area contributed by atoms with E-state index in [9.17, 15) is 0 Å². The molecular formula is C48H30O2. The summed E-state index contributed by atoms with van der Waals surface area (Å²) >= 11 is 0. The van der Waals surface area contributed by atoms with E-state index in [-0.39, 0.29) is 0 Å². The summed E-state index contributed by atoms with van der Waals surface area (Å²) in [6.45, 7) is 0. The van der Waals surface area contributed by atoms with E-state index >= 15 is 0 Å². The lowest BCUT2D eigenvalue weighted by Gasteiger charge is -2.17. The smallest absolute Gasteiger partial charge is 0.128 e. The van der Waals surface area contributed by atoms with Gasteiger partial charge in [0, 0.05) is 0 Å². The van der Waals surface area contributed by atoms with Gasteiger partial charge in [0.05, 0.1) is 0 Å². The maximum atomic E-state index is 6.11. The summed E-state index contributed by atoms with van der Waals surface area (Å²) in [5, 5.41) is 12.4. The molecule has 0 bridgehead atoms. The lowest BCUT2D eigenvalue weighted by atomic mass is 9.87. The molecule has 0 aliphatic rings. The zero-order chi connectivity index (χ0) is 33.0. The van der Waals surface area contributed by atoms with Crippen LogP contribution in [0.4, 0.5) is 0 Å². The van der Waals surface area contributed by atoms with Crippen molar-refractivity contribution in [3.8, 4) is 45.3 Å². The van der Waals surface area contributed by atoms with Crippen LogP contribution < -0.4 is 9.47 Å². The van der Waals surface area contributed by atoms with Gasteiger partial charge in [-0.3, -0.25) is 0 Å². The largest absolute Gasteiger partial charge is 0.457 e. The number of rotatable bonds is 6. The molecule has 0 fully saturated rings. The summed E-state index contributed by atoms with van der Waals surface area (Å²) in [5.41, 5.74) is 4.89. The fourth-order valence-corrected chi connectivity index (χ4v) is 7.46. The maximum Gasteiger partial charge on any atom is 0.128 e. The highest BCUT2D eigenvalue weighted by Crippen LogP contribution is 2.43. The molecule has 0 aromatic heterocycles. The van der Waals surface area contributed by atoms with E-state index < -0.39 is 0 Å². The first kappa shape index (κ1) is 28.4. The average molecular weight is 639 g/mol. The maximum absolute atomic E-state index is 6.11. The predicted molar refractivity (Wildman–Crippen MR) is 209 cm³/mol. The van der Waals surface area contributed by atoms with E-state index in [1.165, 1.54) is 65.3 Å². The first-order valence-electron chi connectivity index (χ1n) is 17.0. The van der Waals surface area contributed by atoms with Crippen molar-refractivity contribution in [1.82, 2.24) is 0 Å².